The molecule has 1 aromatic heterocycles. The van der Waals surface area contributed by atoms with Gasteiger partial charge in [0.1, 0.15) is 24.8 Å². The van der Waals surface area contributed by atoms with E-state index in [1.807, 2.05) is 18.2 Å². The van der Waals surface area contributed by atoms with Gasteiger partial charge in [-0.3, -0.25) is 0 Å². The summed E-state index contributed by atoms with van der Waals surface area (Å²) >= 11 is 5.65. The van der Waals surface area contributed by atoms with Crippen LogP contribution in [0, 0.1) is 5.92 Å². The number of piperazine rings is 1. The summed E-state index contributed by atoms with van der Waals surface area (Å²) in [6.45, 7) is 9.72. The third-order valence-electron chi connectivity index (χ3n) is 7.69. The van der Waals surface area contributed by atoms with Crippen molar-refractivity contribution in [2.24, 2.45) is 5.92 Å². The van der Waals surface area contributed by atoms with Crippen molar-refractivity contribution in [3.05, 3.63) is 60.2 Å². The number of benzene rings is 2. The molecule has 4 heterocycles. The number of nitrogens with one attached hydrogen (secondary N) is 2. The molecule has 0 amide bonds. The monoisotopic (exact) mass is 559 g/mol. The van der Waals surface area contributed by atoms with Crippen LogP contribution in [0.15, 0.2) is 54.6 Å². The van der Waals surface area contributed by atoms with Crippen LogP contribution in [0.25, 0.3) is 0 Å². The van der Waals surface area contributed by atoms with Crippen LogP contribution in [0.3, 0.4) is 0 Å². The lowest BCUT2D eigenvalue weighted by atomic mass is 10.0. The number of para-hydroxylation sites is 1. The molecule has 0 unspecified atom stereocenters. The number of piperidine rings is 1. The fourth-order valence-corrected chi connectivity index (χ4v) is 5.72. The second-order valence-corrected chi connectivity index (χ2v) is 11.1. The number of anilines is 4. The molecule has 0 aliphatic carbocycles. The van der Waals surface area contributed by atoms with Crippen molar-refractivity contribution in [1.82, 2.24) is 15.3 Å². The minimum Gasteiger partial charge on any atom is -0.486 e. The summed E-state index contributed by atoms with van der Waals surface area (Å²) in [6.07, 6.45) is 2.43. The second kappa shape index (κ2) is 12.2. The fourth-order valence-electron chi connectivity index (χ4n) is 5.56. The maximum Gasteiger partial charge on any atom is 0.232 e. The fraction of sp³-hybridized carbons (Fsp3) is 0.433. The average molecular weight is 560 g/mol. The molecule has 1 atom stereocenters. The summed E-state index contributed by atoms with van der Waals surface area (Å²) in [7, 11) is 0. The Hall–Kier alpha value is -3.79. The number of hydrogen-bond acceptors (Lipinski definition) is 8. The molecule has 3 aliphatic rings. The smallest absolute Gasteiger partial charge is 0.232 e. The Bertz CT molecular complexity index is 1320. The van der Waals surface area contributed by atoms with Crippen molar-refractivity contribution in [1.29, 1.82) is 0 Å². The van der Waals surface area contributed by atoms with E-state index >= 15 is 0 Å². The Morgan fingerprint density at radius 1 is 0.875 bits per heavy atom. The highest BCUT2D eigenvalue weighted by molar-refractivity contribution is 7.80. The normalized spacial score (nSPS) is 18.8. The highest BCUT2D eigenvalue weighted by Gasteiger charge is 2.23. The molecule has 0 saturated carbocycles. The minimum atomic E-state index is 0.485. The summed E-state index contributed by atoms with van der Waals surface area (Å²) < 4.78 is 11.3. The molecule has 9 nitrogen and oxygen atoms in total. The molecule has 0 bridgehead atoms. The number of nitrogens with zero attached hydrogens (tertiary/aromatic N) is 5. The number of rotatable bonds is 6. The van der Waals surface area contributed by atoms with Gasteiger partial charge in [0.2, 0.25) is 5.95 Å². The molecule has 40 heavy (non-hydrogen) atoms. The zero-order valence-electron chi connectivity index (χ0n) is 23.0. The summed E-state index contributed by atoms with van der Waals surface area (Å²) in [5.41, 5.74) is 2.33. The molecular formula is C30H37N7O2S. The number of aromatic nitrogens is 2. The number of thiocarbonyl (C=S) groups is 1. The lowest BCUT2D eigenvalue weighted by molar-refractivity contribution is 0.171. The van der Waals surface area contributed by atoms with Crippen LogP contribution in [0.4, 0.5) is 23.3 Å². The molecule has 10 heteroatoms. The number of hydrogen-bond donors (Lipinski definition) is 2. The van der Waals surface area contributed by atoms with Gasteiger partial charge >= 0.3 is 0 Å². The van der Waals surface area contributed by atoms with E-state index in [4.69, 9.17) is 31.7 Å². The van der Waals surface area contributed by atoms with E-state index in [0.29, 0.717) is 36.7 Å². The van der Waals surface area contributed by atoms with Gasteiger partial charge < -0.3 is 34.8 Å². The second-order valence-electron chi connectivity index (χ2n) is 10.7. The first-order chi connectivity index (χ1) is 19.6. The molecule has 2 fully saturated rings. The summed E-state index contributed by atoms with van der Waals surface area (Å²) in [5, 5.41) is 7.04. The van der Waals surface area contributed by atoms with Gasteiger partial charge in [0.15, 0.2) is 16.6 Å². The number of ether oxygens (including phenoxy) is 2. The maximum atomic E-state index is 5.71. The SMILES string of the molecule is C[C@@H]1CCCN(c2cc(N3CCN(c4ccccc4)CC3)nc(NC(=S)NCc3ccc4c(c3)OCCO4)n2)C1. The van der Waals surface area contributed by atoms with E-state index in [9.17, 15) is 0 Å². The van der Waals surface area contributed by atoms with Crippen LogP contribution in [0.5, 0.6) is 11.5 Å². The molecular weight excluding hydrogens is 522 g/mol. The third kappa shape index (κ3) is 6.33. The number of fused-ring (bicyclic) bond motifs is 1. The predicted molar refractivity (Wildman–Crippen MR) is 164 cm³/mol. The van der Waals surface area contributed by atoms with Crippen LogP contribution in [-0.4, -0.2) is 67.6 Å². The molecule has 2 N–H and O–H groups in total. The molecule has 2 saturated heterocycles. The first-order valence-electron chi connectivity index (χ1n) is 14.2. The molecule has 3 aromatic rings. The van der Waals surface area contributed by atoms with Crippen LogP contribution in [-0.2, 0) is 6.54 Å². The highest BCUT2D eigenvalue weighted by Crippen LogP contribution is 2.31. The van der Waals surface area contributed by atoms with Gasteiger partial charge in [-0.05, 0) is 60.8 Å². The summed E-state index contributed by atoms with van der Waals surface area (Å²) in [6, 6.07) is 18.7. The van der Waals surface area contributed by atoms with E-state index in [0.717, 1.165) is 68.0 Å². The topological polar surface area (TPSA) is 78.0 Å². The van der Waals surface area contributed by atoms with Crippen molar-refractivity contribution >= 4 is 40.6 Å². The molecule has 6 rings (SSSR count). The zero-order valence-corrected chi connectivity index (χ0v) is 23.8. The van der Waals surface area contributed by atoms with Crippen molar-refractivity contribution in [2.75, 3.05) is 72.5 Å². The van der Waals surface area contributed by atoms with Gasteiger partial charge in [-0.25, -0.2) is 0 Å². The van der Waals surface area contributed by atoms with E-state index in [2.05, 4.69) is 68.7 Å². The van der Waals surface area contributed by atoms with E-state index in [1.54, 1.807) is 0 Å². The Morgan fingerprint density at radius 2 is 1.60 bits per heavy atom. The zero-order chi connectivity index (χ0) is 27.3. The van der Waals surface area contributed by atoms with Crippen LogP contribution in [0.1, 0.15) is 25.3 Å². The van der Waals surface area contributed by atoms with E-state index in [1.165, 1.54) is 18.5 Å². The van der Waals surface area contributed by atoms with Crippen LogP contribution >= 0.6 is 12.2 Å². The molecule has 0 spiro atoms. The van der Waals surface area contributed by atoms with Crippen molar-refractivity contribution < 1.29 is 9.47 Å². The van der Waals surface area contributed by atoms with Gasteiger partial charge in [0.25, 0.3) is 0 Å². The van der Waals surface area contributed by atoms with Gasteiger partial charge in [-0.1, -0.05) is 31.2 Å². The van der Waals surface area contributed by atoms with Gasteiger partial charge in [0, 0.05) is 57.6 Å². The third-order valence-corrected chi connectivity index (χ3v) is 7.94. The molecule has 210 valence electrons. The van der Waals surface area contributed by atoms with Gasteiger partial charge in [0.05, 0.1) is 0 Å². The quantitative estimate of drug-likeness (QED) is 0.427. The largest absolute Gasteiger partial charge is 0.486 e. The summed E-state index contributed by atoms with van der Waals surface area (Å²) in [5.74, 6) is 4.62. The molecule has 2 aromatic carbocycles. The first kappa shape index (κ1) is 26.4. The molecule has 0 radical (unpaired) electrons. The maximum absolute atomic E-state index is 5.71. The van der Waals surface area contributed by atoms with Crippen molar-refractivity contribution in [3.63, 3.8) is 0 Å². The standard InChI is InChI=1S/C30H37N7O2S/c1-22-6-5-11-37(21-22)28-19-27(36-14-12-35(13-15-36)24-7-3-2-4-8-24)32-29(33-28)34-30(40)31-20-23-9-10-25-26(18-23)39-17-16-38-25/h2-4,7-10,18-19,22H,5-6,11-17,20-21H2,1H3,(H2,31,32,33,34,40)/t22-/m1/s1. The average Bonchev–Trinajstić information content (AvgIpc) is 3.00. The first-order valence-corrected chi connectivity index (χ1v) is 14.6. The summed E-state index contributed by atoms with van der Waals surface area (Å²) in [4.78, 5) is 17.0. The van der Waals surface area contributed by atoms with Crippen molar-refractivity contribution in [2.45, 2.75) is 26.3 Å². The Kier molecular flexibility index (Phi) is 8.04. The predicted octanol–water partition coefficient (Wildman–Crippen LogP) is 4.30. The minimum absolute atomic E-state index is 0.485. The lowest BCUT2D eigenvalue weighted by Gasteiger charge is -2.37. The van der Waals surface area contributed by atoms with Gasteiger partial charge in [-0.2, -0.15) is 9.97 Å². The Labute approximate surface area is 241 Å². The highest BCUT2D eigenvalue weighted by atomic mass is 32.1. The Balaban J connectivity index is 1.15. The lowest BCUT2D eigenvalue weighted by Crippen LogP contribution is -2.47. The van der Waals surface area contributed by atoms with Crippen LogP contribution < -0.4 is 34.8 Å². The van der Waals surface area contributed by atoms with E-state index < -0.39 is 0 Å². The van der Waals surface area contributed by atoms with Crippen LogP contribution in [0.2, 0.25) is 0 Å². The molecule has 3 aliphatic heterocycles. The van der Waals surface area contributed by atoms with Gasteiger partial charge in [-0.15, -0.1) is 0 Å². The van der Waals surface area contributed by atoms with E-state index in [-0.39, 0.29) is 0 Å². The van der Waals surface area contributed by atoms with Crippen molar-refractivity contribution in [3.8, 4) is 11.5 Å². The Morgan fingerprint density at radius 3 is 2.38 bits per heavy atom.